The first-order valence-electron chi connectivity index (χ1n) is 13.0. The van der Waals surface area contributed by atoms with E-state index in [9.17, 15) is 5.11 Å². The van der Waals surface area contributed by atoms with Crippen LogP contribution >= 0.6 is 0 Å². The molecule has 188 valence electrons. The molecule has 1 aliphatic heterocycles. The Morgan fingerprint density at radius 3 is 1.97 bits per heavy atom. The number of ether oxygens (including phenoxy) is 3. The van der Waals surface area contributed by atoms with Crippen molar-refractivity contribution in [3.63, 3.8) is 0 Å². The predicted octanol–water partition coefficient (Wildman–Crippen LogP) is 8.32. The van der Waals surface area contributed by atoms with Gasteiger partial charge in [0, 0.05) is 11.1 Å². The summed E-state index contributed by atoms with van der Waals surface area (Å²) in [6, 6.07) is 0. The molecule has 0 amide bonds. The van der Waals surface area contributed by atoms with E-state index in [1.807, 2.05) is 6.92 Å². The smallest absolute Gasteiger partial charge is 0.207 e. The molecule has 3 atom stereocenters. The molecule has 0 aliphatic carbocycles. The van der Waals surface area contributed by atoms with Gasteiger partial charge in [0.05, 0.1) is 14.2 Å². The van der Waals surface area contributed by atoms with E-state index >= 15 is 0 Å². The van der Waals surface area contributed by atoms with Crippen LogP contribution in [0.4, 0.5) is 0 Å². The number of phenolic OH excluding ortho intramolecular Hbond substituents is 1. The first-order chi connectivity index (χ1) is 15.6. The molecule has 0 saturated heterocycles. The van der Waals surface area contributed by atoms with Gasteiger partial charge < -0.3 is 19.3 Å². The highest BCUT2D eigenvalue weighted by Crippen LogP contribution is 2.52. The predicted molar refractivity (Wildman–Crippen MR) is 139 cm³/mol. The van der Waals surface area contributed by atoms with E-state index in [1.54, 1.807) is 7.11 Å². The van der Waals surface area contributed by atoms with Crippen molar-refractivity contribution in [3.05, 3.63) is 17.2 Å². The van der Waals surface area contributed by atoms with Crippen molar-refractivity contribution in [1.82, 2.24) is 0 Å². The third-order valence-electron chi connectivity index (χ3n) is 7.22. The number of hydrogen-bond donors (Lipinski definition) is 1. The van der Waals surface area contributed by atoms with Crippen molar-refractivity contribution in [3.8, 4) is 23.0 Å². The Balaban J connectivity index is 1.84. The molecule has 4 heteroatoms. The summed E-state index contributed by atoms with van der Waals surface area (Å²) in [5.41, 5.74) is 1.21. The van der Waals surface area contributed by atoms with Crippen LogP contribution in [0.15, 0.2) is 6.08 Å². The lowest BCUT2D eigenvalue weighted by Crippen LogP contribution is -2.32. The van der Waals surface area contributed by atoms with Crippen LogP contribution < -0.4 is 14.2 Å². The van der Waals surface area contributed by atoms with Crippen molar-refractivity contribution in [2.45, 2.75) is 105 Å². The van der Waals surface area contributed by atoms with Gasteiger partial charge in [-0.2, -0.15) is 0 Å². The van der Waals surface area contributed by atoms with Crippen LogP contribution in [0.3, 0.4) is 0 Å². The van der Waals surface area contributed by atoms with E-state index in [0.29, 0.717) is 17.2 Å². The second-order valence-corrected chi connectivity index (χ2v) is 10.9. The van der Waals surface area contributed by atoms with Crippen LogP contribution in [-0.4, -0.2) is 24.9 Å². The third kappa shape index (κ3) is 7.58. The molecular weight excluding hydrogens is 412 g/mol. The minimum Gasteiger partial charge on any atom is -0.504 e. The molecule has 2 rings (SSSR count). The fourth-order valence-corrected chi connectivity index (χ4v) is 4.92. The number of methoxy groups -OCH3 is 2. The molecule has 1 aromatic carbocycles. The van der Waals surface area contributed by atoms with Crippen LogP contribution in [0.1, 0.15) is 104 Å². The van der Waals surface area contributed by atoms with Gasteiger partial charge in [0.1, 0.15) is 5.60 Å². The maximum absolute atomic E-state index is 10.5. The Kier molecular flexibility index (Phi) is 10.4. The zero-order valence-corrected chi connectivity index (χ0v) is 22.4. The van der Waals surface area contributed by atoms with Gasteiger partial charge in [0.25, 0.3) is 0 Å². The van der Waals surface area contributed by atoms with E-state index in [-0.39, 0.29) is 11.4 Å². The Bertz CT molecular complexity index is 783. The number of fused-ring (bicyclic) bond motifs is 1. The van der Waals surface area contributed by atoms with Crippen LogP contribution in [0.25, 0.3) is 6.08 Å². The number of hydrogen-bond acceptors (Lipinski definition) is 4. The molecule has 0 bridgehead atoms. The minimum atomic E-state index is -0.390. The Morgan fingerprint density at radius 2 is 1.42 bits per heavy atom. The van der Waals surface area contributed by atoms with Gasteiger partial charge in [-0.3, -0.25) is 0 Å². The number of rotatable bonds is 14. The molecule has 33 heavy (non-hydrogen) atoms. The van der Waals surface area contributed by atoms with Crippen molar-refractivity contribution in [1.29, 1.82) is 0 Å². The maximum atomic E-state index is 10.5. The first-order valence-corrected chi connectivity index (χ1v) is 13.0. The highest BCUT2D eigenvalue weighted by atomic mass is 16.5. The summed E-state index contributed by atoms with van der Waals surface area (Å²) in [5.74, 6) is 3.98. The lowest BCUT2D eigenvalue weighted by molar-refractivity contribution is 0.116. The van der Waals surface area contributed by atoms with Crippen LogP contribution in [0.5, 0.6) is 23.0 Å². The van der Waals surface area contributed by atoms with Crippen LogP contribution in [0.2, 0.25) is 0 Å². The monoisotopic (exact) mass is 460 g/mol. The molecule has 1 N–H and O–H groups in total. The van der Waals surface area contributed by atoms with E-state index < -0.39 is 0 Å². The molecule has 1 aromatic rings. The van der Waals surface area contributed by atoms with Crippen molar-refractivity contribution < 1.29 is 19.3 Å². The summed E-state index contributed by atoms with van der Waals surface area (Å²) in [4.78, 5) is 0. The Labute approximate surface area is 202 Å². The van der Waals surface area contributed by atoms with Gasteiger partial charge in [-0.25, -0.2) is 0 Å². The van der Waals surface area contributed by atoms with Crippen molar-refractivity contribution >= 4 is 6.08 Å². The molecule has 1 heterocycles. The average Bonchev–Trinajstić information content (AvgIpc) is 2.75. The zero-order chi connectivity index (χ0) is 24.6. The van der Waals surface area contributed by atoms with E-state index in [1.165, 1.54) is 52.1 Å². The quantitative estimate of drug-likeness (QED) is 0.303. The van der Waals surface area contributed by atoms with Crippen molar-refractivity contribution in [2.24, 2.45) is 17.8 Å². The SMILES string of the molecule is COc1c(O)c(C)c2c(c1OC)OC(C)(CCCC(C)CCCC(C)CCCC(C)C)C=C2. The second-order valence-electron chi connectivity index (χ2n) is 10.9. The van der Waals surface area contributed by atoms with E-state index in [2.05, 4.69) is 46.8 Å². The molecule has 0 spiro atoms. The molecule has 0 fully saturated rings. The molecule has 0 aromatic heterocycles. The van der Waals surface area contributed by atoms with E-state index in [4.69, 9.17) is 14.2 Å². The van der Waals surface area contributed by atoms with Gasteiger partial charge in [0.2, 0.25) is 11.5 Å². The lowest BCUT2D eigenvalue weighted by atomic mass is 9.89. The maximum Gasteiger partial charge on any atom is 0.207 e. The summed E-state index contributed by atoms with van der Waals surface area (Å²) in [6.45, 7) is 13.4. The van der Waals surface area contributed by atoms with Gasteiger partial charge in [-0.1, -0.05) is 78.7 Å². The van der Waals surface area contributed by atoms with Crippen LogP contribution in [0, 0.1) is 24.7 Å². The minimum absolute atomic E-state index is 0.105. The standard InChI is InChI=1S/C29H48O4/c1-20(2)12-9-13-21(3)14-10-15-22(4)16-11-18-29(6)19-17-24-23(5)25(30)27(31-7)28(32-8)26(24)33-29/h17,19-22,30H,9-16,18H2,1-8H3. The summed E-state index contributed by atoms with van der Waals surface area (Å²) in [6.07, 6.45) is 15.6. The Morgan fingerprint density at radius 1 is 0.879 bits per heavy atom. The highest BCUT2D eigenvalue weighted by molar-refractivity contribution is 5.76. The van der Waals surface area contributed by atoms with E-state index in [0.717, 1.165) is 41.7 Å². The molecular formula is C29H48O4. The number of benzene rings is 1. The zero-order valence-electron chi connectivity index (χ0n) is 22.4. The van der Waals surface area contributed by atoms with Gasteiger partial charge in [0.15, 0.2) is 11.5 Å². The third-order valence-corrected chi connectivity index (χ3v) is 7.22. The fraction of sp³-hybridized carbons (Fsp3) is 0.724. The van der Waals surface area contributed by atoms with Crippen molar-refractivity contribution in [2.75, 3.05) is 14.2 Å². The summed E-state index contributed by atoms with van der Waals surface area (Å²) in [7, 11) is 3.12. The second kappa shape index (κ2) is 12.6. The summed E-state index contributed by atoms with van der Waals surface area (Å²) >= 11 is 0. The molecule has 0 radical (unpaired) electrons. The lowest BCUT2D eigenvalue weighted by Gasteiger charge is -2.34. The summed E-state index contributed by atoms with van der Waals surface area (Å²) in [5, 5.41) is 10.5. The molecule has 1 aliphatic rings. The first kappa shape index (κ1) is 27.4. The fourth-order valence-electron chi connectivity index (χ4n) is 4.92. The number of phenols is 1. The average molecular weight is 461 g/mol. The van der Waals surface area contributed by atoms with Gasteiger partial charge in [-0.15, -0.1) is 0 Å². The van der Waals surface area contributed by atoms with Crippen LogP contribution in [-0.2, 0) is 0 Å². The molecule has 4 nitrogen and oxygen atoms in total. The Hall–Kier alpha value is -1.84. The molecule has 0 saturated carbocycles. The highest BCUT2D eigenvalue weighted by Gasteiger charge is 2.33. The summed E-state index contributed by atoms with van der Waals surface area (Å²) < 4.78 is 17.4. The molecule has 3 unspecified atom stereocenters. The van der Waals surface area contributed by atoms with Gasteiger partial charge in [-0.05, 0) is 50.5 Å². The van der Waals surface area contributed by atoms with Gasteiger partial charge >= 0.3 is 0 Å². The topological polar surface area (TPSA) is 47.9 Å². The number of aromatic hydroxyl groups is 1. The normalized spacial score (nSPS) is 19.2. The largest absolute Gasteiger partial charge is 0.504 e.